The van der Waals surface area contributed by atoms with Gasteiger partial charge in [0.15, 0.2) is 0 Å². The normalized spacial score (nSPS) is 11.2. The summed E-state index contributed by atoms with van der Waals surface area (Å²) in [7, 11) is 0. The molecular weight excluding hydrogens is 1730 g/mol. The van der Waals surface area contributed by atoms with Crippen molar-refractivity contribution in [3.63, 3.8) is 0 Å². The van der Waals surface area contributed by atoms with Crippen molar-refractivity contribution in [3.8, 4) is 57.5 Å². The molecule has 0 heterocycles. The lowest BCUT2D eigenvalue weighted by Gasteiger charge is -2.16. The van der Waals surface area contributed by atoms with Crippen molar-refractivity contribution in [3.05, 3.63) is 286 Å². The molecule has 11 rings (SSSR count). The summed E-state index contributed by atoms with van der Waals surface area (Å²) in [5, 5.41) is 12.9. The van der Waals surface area contributed by atoms with Crippen molar-refractivity contribution in [1.29, 1.82) is 0 Å². The number of carbonyl (C=O) groups is 5. The van der Waals surface area contributed by atoms with Crippen molar-refractivity contribution in [2.45, 2.75) is 215 Å². The smallest absolute Gasteiger partial charge is 0.310 e. The summed E-state index contributed by atoms with van der Waals surface area (Å²) in [6.45, 7) is 33.9. The van der Waals surface area contributed by atoms with Crippen LogP contribution in [0.4, 0.5) is 0 Å². The average molecular weight is 1830 g/mol. The summed E-state index contributed by atoms with van der Waals surface area (Å²) in [6.07, 6.45) is 4.81. The van der Waals surface area contributed by atoms with Crippen LogP contribution in [0.1, 0.15) is 198 Å². The van der Waals surface area contributed by atoms with Crippen LogP contribution in [0.25, 0.3) is 0 Å². The fourth-order valence-electron chi connectivity index (χ4n) is 12.1. The maximum absolute atomic E-state index is 11.8. The monoisotopic (exact) mass is 1830 g/mol. The first-order chi connectivity index (χ1) is 56.7. The van der Waals surface area contributed by atoms with E-state index in [9.17, 15) is 29.1 Å². The first-order valence-corrected chi connectivity index (χ1v) is 42.5. The minimum absolute atomic E-state index is 0.163. The highest BCUT2D eigenvalue weighted by Crippen LogP contribution is 2.45. The molecule has 0 radical (unpaired) electrons. The highest BCUT2D eigenvalue weighted by atomic mass is 127. The van der Waals surface area contributed by atoms with E-state index in [4.69, 9.17) is 105 Å². The van der Waals surface area contributed by atoms with Crippen LogP contribution in [-0.2, 0) is 70.0 Å². The van der Waals surface area contributed by atoms with Gasteiger partial charge >= 0.3 is 29.8 Å². The standard InChI is InChI=1S/C21H23ClO3.C20H23ClO3.C19H21ClO4.C19H21ClO3.C18H18ClIO3/c1-4-21(23)25-19-7-5-6-16(15-8-9-15)17(19)12-24-20-11-18(22)13(2)10-14(20)3;1-5-15-8-7-9-18(24-20(22)6-2)16(15)12-23-19-11-17(21)13(3)10-14(19)4;1-4-19(22)24-17-7-5-6-14(10-21)15(17)11-23-18-9-16(20)12(2)8-13(18)3;1-5-19(21)23-17-8-6-7-12(2)15(17)11-22-18-10-16(20)13(3)9-14(18)4;1-4-18(21)23-16-7-5-6-15(20)13(16)10-22-17-9-14(19)11(2)8-12(17)3/h5-7,10-11,15H,4,8-9,12H2,1-3H3;7-11H,5-6,12H2,1-4H3;5-9,21H,4,10-11H2,1-3H3;6-10H,5,11H2,1-4H3;5-9H,4,10H2,1-3H3. The van der Waals surface area contributed by atoms with Gasteiger partial charge in [0.1, 0.15) is 90.5 Å². The molecule has 1 aliphatic carbocycles. The fourth-order valence-corrected chi connectivity index (χ4v) is 13.5. The average Bonchev–Trinajstić information content (AvgIpc) is 1.70. The molecule has 632 valence electrons. The molecule has 1 N–H and O–H groups in total. The van der Waals surface area contributed by atoms with Gasteiger partial charge in [-0.05, 0) is 269 Å². The zero-order chi connectivity index (χ0) is 87.3. The second-order valence-electron chi connectivity index (χ2n) is 28.6. The summed E-state index contributed by atoms with van der Waals surface area (Å²) in [5.74, 6) is 5.49. The lowest BCUT2D eigenvalue weighted by molar-refractivity contribution is -0.135. The number of hydrogen-bond acceptors (Lipinski definition) is 16. The molecule has 0 amide bonds. The van der Waals surface area contributed by atoms with Crippen LogP contribution >= 0.6 is 80.6 Å². The van der Waals surface area contributed by atoms with E-state index >= 15 is 0 Å². The Morgan fingerprint density at radius 3 is 0.891 bits per heavy atom. The number of benzene rings is 10. The third-order valence-electron chi connectivity index (χ3n) is 19.3. The van der Waals surface area contributed by atoms with Gasteiger partial charge < -0.3 is 52.5 Å². The number of aliphatic hydroxyl groups excluding tert-OH is 1. The highest BCUT2D eigenvalue weighted by Gasteiger charge is 2.29. The molecule has 1 saturated carbocycles. The molecule has 0 bridgehead atoms. The molecule has 1 aliphatic rings. The zero-order valence-corrected chi connectivity index (χ0v) is 76.7. The Balaban J connectivity index is 0.000000205. The van der Waals surface area contributed by atoms with Gasteiger partial charge in [-0.2, -0.15) is 0 Å². The Labute approximate surface area is 739 Å². The van der Waals surface area contributed by atoms with Gasteiger partial charge in [0, 0.05) is 88.6 Å². The predicted octanol–water partition coefficient (Wildman–Crippen LogP) is 26.1. The molecule has 10 aromatic carbocycles. The molecule has 0 aliphatic heterocycles. The summed E-state index contributed by atoms with van der Waals surface area (Å²) in [6, 6.07) is 47.1. The minimum atomic E-state index is -0.332. The number of carbonyl (C=O) groups excluding carboxylic acids is 5. The number of halogens is 6. The van der Waals surface area contributed by atoms with E-state index in [0.717, 1.165) is 122 Å². The molecule has 1 fully saturated rings. The maximum atomic E-state index is 11.8. The minimum Gasteiger partial charge on any atom is -0.488 e. The summed E-state index contributed by atoms with van der Waals surface area (Å²) in [4.78, 5) is 58.2. The SMILES string of the molecule is CCC(=O)Oc1cccc(C)c1COc1cc(Cl)c(C)cc1C.CCC(=O)Oc1cccc(C2CC2)c1COc1cc(Cl)c(C)cc1C.CCC(=O)Oc1cccc(CC)c1COc1cc(Cl)c(C)cc1C.CCC(=O)Oc1cccc(CO)c1COc1cc(Cl)c(C)cc1C.CCC(=O)Oc1cccc(I)c1COc1cc(Cl)c(C)cc1C. The molecule has 16 nitrogen and oxygen atoms in total. The summed E-state index contributed by atoms with van der Waals surface area (Å²) >= 11 is 33.1. The summed E-state index contributed by atoms with van der Waals surface area (Å²) < 4.78 is 57.8. The first kappa shape index (κ1) is 96.8. The van der Waals surface area contributed by atoms with E-state index in [-0.39, 0.29) is 49.5 Å². The van der Waals surface area contributed by atoms with Crippen LogP contribution in [0.5, 0.6) is 57.5 Å². The van der Waals surface area contributed by atoms with Crippen LogP contribution < -0.4 is 47.4 Å². The molecule has 0 aromatic heterocycles. The fraction of sp³-hybridized carbons (Fsp3) is 0.330. The van der Waals surface area contributed by atoms with Crippen molar-refractivity contribution >= 4 is 110 Å². The van der Waals surface area contributed by atoms with E-state index in [0.29, 0.717) is 129 Å². The topological polar surface area (TPSA) is 198 Å². The molecule has 0 saturated heterocycles. The van der Waals surface area contributed by atoms with Gasteiger partial charge in [-0.15, -0.1) is 0 Å². The Bertz CT molecular complexity index is 4960. The quantitative estimate of drug-likeness (QED) is 0.0276. The third kappa shape index (κ3) is 29.0. The van der Waals surface area contributed by atoms with E-state index in [1.807, 2.05) is 179 Å². The third-order valence-corrected chi connectivity index (χ3v) is 22.4. The second kappa shape index (κ2) is 47.6. The van der Waals surface area contributed by atoms with E-state index in [2.05, 4.69) is 35.6 Å². The van der Waals surface area contributed by atoms with Crippen molar-refractivity contribution in [1.82, 2.24) is 0 Å². The zero-order valence-electron chi connectivity index (χ0n) is 70.7. The van der Waals surface area contributed by atoms with E-state index < -0.39 is 0 Å². The van der Waals surface area contributed by atoms with Crippen LogP contribution in [0, 0.1) is 79.7 Å². The second-order valence-corrected chi connectivity index (χ2v) is 31.8. The number of rotatable bonds is 28. The Morgan fingerprint density at radius 1 is 0.311 bits per heavy atom. The largest absolute Gasteiger partial charge is 0.488 e. The lowest BCUT2D eigenvalue weighted by Crippen LogP contribution is -2.10. The number of aliphatic hydroxyl groups is 1. The van der Waals surface area contributed by atoms with Gasteiger partial charge in [-0.25, -0.2) is 0 Å². The van der Waals surface area contributed by atoms with Gasteiger partial charge in [0.05, 0.1) is 6.61 Å². The number of aryl methyl sites for hydroxylation is 12. The Kier molecular flexibility index (Phi) is 38.7. The van der Waals surface area contributed by atoms with Crippen LogP contribution in [0.3, 0.4) is 0 Å². The number of ether oxygens (including phenoxy) is 10. The van der Waals surface area contributed by atoms with Crippen LogP contribution in [-0.4, -0.2) is 35.0 Å². The van der Waals surface area contributed by atoms with Gasteiger partial charge in [0.25, 0.3) is 0 Å². The Morgan fingerprint density at radius 2 is 0.571 bits per heavy atom. The van der Waals surface area contributed by atoms with E-state index in [1.165, 1.54) is 18.4 Å². The van der Waals surface area contributed by atoms with E-state index in [1.54, 1.807) is 77.1 Å². The Hall–Kier alpha value is -9.31. The van der Waals surface area contributed by atoms with Crippen molar-refractivity contribution < 1.29 is 76.4 Å². The molecule has 22 heteroatoms. The molecule has 0 unspecified atom stereocenters. The van der Waals surface area contributed by atoms with Crippen LogP contribution in [0.2, 0.25) is 25.1 Å². The first-order valence-electron chi connectivity index (χ1n) is 39.6. The molecule has 0 atom stereocenters. The van der Waals surface area contributed by atoms with Gasteiger partial charge in [0.2, 0.25) is 0 Å². The van der Waals surface area contributed by atoms with Gasteiger partial charge in [-0.1, -0.05) is 184 Å². The summed E-state index contributed by atoms with van der Waals surface area (Å²) in [5.41, 5.74) is 18.4. The van der Waals surface area contributed by atoms with Crippen molar-refractivity contribution in [2.75, 3.05) is 0 Å². The highest BCUT2D eigenvalue weighted by molar-refractivity contribution is 14.1. The van der Waals surface area contributed by atoms with Crippen LogP contribution in [0.15, 0.2) is 152 Å². The van der Waals surface area contributed by atoms with Crippen molar-refractivity contribution in [2.24, 2.45) is 0 Å². The maximum Gasteiger partial charge on any atom is 0.310 e. The molecule has 10 aromatic rings. The number of hydrogen-bond donors (Lipinski definition) is 1. The number of esters is 5. The molecule has 0 spiro atoms. The van der Waals surface area contributed by atoms with Gasteiger partial charge in [-0.3, -0.25) is 24.0 Å². The lowest BCUT2D eigenvalue weighted by atomic mass is 10.0. The predicted molar refractivity (Wildman–Crippen MR) is 483 cm³/mol. The molecular formula is C97H106Cl5IO16. The molecule has 119 heavy (non-hydrogen) atoms.